The van der Waals surface area contributed by atoms with Crippen molar-refractivity contribution in [2.24, 2.45) is 5.92 Å². The molecule has 23 heavy (non-hydrogen) atoms. The van der Waals surface area contributed by atoms with Crippen LogP contribution in [0.15, 0.2) is 0 Å². The molecule has 0 aromatic heterocycles. The van der Waals surface area contributed by atoms with Gasteiger partial charge in [0.15, 0.2) is 0 Å². The summed E-state index contributed by atoms with van der Waals surface area (Å²) in [7, 11) is 0. The van der Waals surface area contributed by atoms with Gasteiger partial charge in [0.05, 0.1) is 12.6 Å². The van der Waals surface area contributed by atoms with E-state index in [9.17, 15) is 9.90 Å². The van der Waals surface area contributed by atoms with Crippen LogP contribution in [0.1, 0.15) is 52.4 Å². The molecule has 0 saturated carbocycles. The Labute approximate surface area is 141 Å². The second-order valence-corrected chi connectivity index (χ2v) is 7.37. The average molecular weight is 325 g/mol. The van der Waals surface area contributed by atoms with Gasteiger partial charge in [0.1, 0.15) is 0 Å². The number of β-amino-alcohol motifs (C(OH)–C–C–N with tert-alkyl or cyclic N) is 1. The number of nitrogens with one attached hydrogen (secondary N) is 1. The summed E-state index contributed by atoms with van der Waals surface area (Å²) in [5.41, 5.74) is 0. The highest BCUT2D eigenvalue weighted by Crippen LogP contribution is 2.19. The largest absolute Gasteiger partial charge is 0.392 e. The number of hydrogen-bond donors (Lipinski definition) is 2. The summed E-state index contributed by atoms with van der Waals surface area (Å²) in [6.45, 7) is 9.32. The number of piperidine rings is 2. The molecule has 0 radical (unpaired) electrons. The summed E-state index contributed by atoms with van der Waals surface area (Å²) >= 11 is 0. The van der Waals surface area contributed by atoms with Crippen molar-refractivity contribution in [3.8, 4) is 0 Å². The number of rotatable bonds is 7. The Kier molecular flexibility index (Phi) is 7.80. The first kappa shape index (κ1) is 18.7. The Balaban J connectivity index is 1.62. The molecule has 0 aromatic carbocycles. The lowest BCUT2D eigenvalue weighted by atomic mass is 9.96. The first-order valence-corrected chi connectivity index (χ1v) is 9.50. The van der Waals surface area contributed by atoms with Gasteiger partial charge in [-0.2, -0.15) is 0 Å². The van der Waals surface area contributed by atoms with Crippen molar-refractivity contribution < 1.29 is 9.90 Å². The molecule has 2 saturated heterocycles. The molecule has 0 unspecified atom stereocenters. The van der Waals surface area contributed by atoms with Crippen LogP contribution in [0.2, 0.25) is 0 Å². The maximum atomic E-state index is 12.4. The van der Waals surface area contributed by atoms with E-state index < -0.39 is 0 Å². The number of likely N-dealkylation sites (tertiary alicyclic amines) is 2. The Morgan fingerprint density at radius 1 is 1.22 bits per heavy atom. The number of aliphatic hydroxyl groups is 1. The van der Waals surface area contributed by atoms with Crippen LogP contribution in [0.25, 0.3) is 0 Å². The highest BCUT2D eigenvalue weighted by atomic mass is 16.3. The van der Waals surface area contributed by atoms with Crippen LogP contribution >= 0.6 is 0 Å². The van der Waals surface area contributed by atoms with Gasteiger partial charge >= 0.3 is 0 Å². The molecular weight excluding hydrogens is 290 g/mol. The minimum absolute atomic E-state index is 0.238. The normalized spacial score (nSPS) is 25.5. The van der Waals surface area contributed by atoms with E-state index in [-0.39, 0.29) is 12.0 Å². The SMILES string of the molecule is CC[C@H]1CCCCN1C(=O)CNCC1CCN(C[C@H](C)O)CC1. The van der Waals surface area contributed by atoms with Gasteiger partial charge in [0.2, 0.25) is 5.91 Å². The summed E-state index contributed by atoms with van der Waals surface area (Å²) in [4.78, 5) is 16.8. The van der Waals surface area contributed by atoms with Gasteiger partial charge in [0.25, 0.3) is 0 Å². The third-order valence-electron chi connectivity index (χ3n) is 5.36. The second-order valence-electron chi connectivity index (χ2n) is 7.37. The van der Waals surface area contributed by atoms with Gasteiger partial charge < -0.3 is 20.2 Å². The molecule has 2 N–H and O–H groups in total. The molecule has 0 bridgehead atoms. The highest BCUT2D eigenvalue weighted by Gasteiger charge is 2.25. The van der Waals surface area contributed by atoms with Gasteiger partial charge in [-0.05, 0) is 71.0 Å². The first-order chi connectivity index (χ1) is 11.1. The molecule has 2 aliphatic heterocycles. The van der Waals surface area contributed by atoms with E-state index in [4.69, 9.17) is 0 Å². The summed E-state index contributed by atoms with van der Waals surface area (Å²) in [5.74, 6) is 0.944. The zero-order valence-corrected chi connectivity index (χ0v) is 15.0. The smallest absolute Gasteiger partial charge is 0.236 e. The average Bonchev–Trinajstić information content (AvgIpc) is 2.55. The molecule has 1 amide bonds. The topological polar surface area (TPSA) is 55.8 Å². The van der Waals surface area contributed by atoms with Crippen molar-refractivity contribution in [2.75, 3.05) is 39.3 Å². The molecule has 2 rings (SSSR count). The number of hydrogen-bond acceptors (Lipinski definition) is 4. The van der Waals surface area contributed by atoms with E-state index in [0.717, 1.165) is 58.4 Å². The van der Waals surface area contributed by atoms with Crippen LogP contribution in [0, 0.1) is 5.92 Å². The maximum Gasteiger partial charge on any atom is 0.236 e. The van der Waals surface area contributed by atoms with E-state index in [2.05, 4.69) is 22.0 Å². The van der Waals surface area contributed by atoms with Crippen LogP contribution in [0.4, 0.5) is 0 Å². The van der Waals surface area contributed by atoms with Gasteiger partial charge in [-0.15, -0.1) is 0 Å². The molecule has 5 nitrogen and oxygen atoms in total. The van der Waals surface area contributed by atoms with E-state index in [1.54, 1.807) is 0 Å². The summed E-state index contributed by atoms with van der Waals surface area (Å²) in [6, 6.07) is 0.460. The minimum Gasteiger partial charge on any atom is -0.392 e. The van der Waals surface area contributed by atoms with Gasteiger partial charge in [0, 0.05) is 19.1 Å². The van der Waals surface area contributed by atoms with Crippen molar-refractivity contribution >= 4 is 5.91 Å². The molecule has 2 heterocycles. The van der Waals surface area contributed by atoms with Crippen LogP contribution in [-0.2, 0) is 4.79 Å². The van der Waals surface area contributed by atoms with E-state index in [1.807, 2.05) is 6.92 Å². The molecule has 134 valence electrons. The van der Waals surface area contributed by atoms with Crippen molar-refractivity contribution in [3.63, 3.8) is 0 Å². The highest BCUT2D eigenvalue weighted by molar-refractivity contribution is 5.78. The molecule has 2 aliphatic rings. The lowest BCUT2D eigenvalue weighted by molar-refractivity contribution is -0.134. The van der Waals surface area contributed by atoms with Crippen LogP contribution in [-0.4, -0.2) is 72.2 Å². The van der Waals surface area contributed by atoms with Gasteiger partial charge in [-0.3, -0.25) is 4.79 Å². The van der Waals surface area contributed by atoms with Crippen LogP contribution in [0.5, 0.6) is 0 Å². The molecule has 2 fully saturated rings. The lowest BCUT2D eigenvalue weighted by Gasteiger charge is -2.36. The molecule has 0 spiro atoms. The Morgan fingerprint density at radius 3 is 2.61 bits per heavy atom. The van der Waals surface area contributed by atoms with E-state index >= 15 is 0 Å². The zero-order valence-electron chi connectivity index (χ0n) is 15.0. The summed E-state index contributed by atoms with van der Waals surface area (Å²) in [6.07, 6.45) is 6.76. The minimum atomic E-state index is -0.238. The predicted octanol–water partition coefficient (Wildman–Crippen LogP) is 1.46. The number of aliphatic hydroxyl groups excluding tert-OH is 1. The third kappa shape index (κ3) is 6.05. The zero-order chi connectivity index (χ0) is 16.7. The van der Waals surface area contributed by atoms with Gasteiger partial charge in [-0.25, -0.2) is 0 Å². The van der Waals surface area contributed by atoms with E-state index in [1.165, 1.54) is 12.8 Å². The fourth-order valence-corrected chi connectivity index (χ4v) is 3.98. The van der Waals surface area contributed by atoms with Crippen LogP contribution < -0.4 is 5.32 Å². The molecule has 2 atom stereocenters. The fourth-order valence-electron chi connectivity index (χ4n) is 3.98. The molecule has 0 aromatic rings. The maximum absolute atomic E-state index is 12.4. The first-order valence-electron chi connectivity index (χ1n) is 9.50. The monoisotopic (exact) mass is 325 g/mol. The van der Waals surface area contributed by atoms with E-state index in [0.29, 0.717) is 18.5 Å². The van der Waals surface area contributed by atoms with Crippen molar-refractivity contribution in [1.29, 1.82) is 0 Å². The van der Waals surface area contributed by atoms with Crippen molar-refractivity contribution in [1.82, 2.24) is 15.1 Å². The summed E-state index contributed by atoms with van der Waals surface area (Å²) < 4.78 is 0. The number of carbonyl (C=O) groups is 1. The number of carbonyl (C=O) groups excluding carboxylic acids is 1. The number of nitrogens with zero attached hydrogens (tertiary/aromatic N) is 2. The quantitative estimate of drug-likeness (QED) is 0.744. The molecule has 0 aliphatic carbocycles. The van der Waals surface area contributed by atoms with Gasteiger partial charge in [-0.1, -0.05) is 6.92 Å². The lowest BCUT2D eigenvalue weighted by Crippen LogP contribution is -2.48. The Bertz CT molecular complexity index is 354. The molecule has 5 heteroatoms. The van der Waals surface area contributed by atoms with Crippen molar-refractivity contribution in [2.45, 2.75) is 64.5 Å². The fraction of sp³-hybridized carbons (Fsp3) is 0.944. The third-order valence-corrected chi connectivity index (χ3v) is 5.36. The molecular formula is C18H35N3O2. The van der Waals surface area contributed by atoms with Crippen LogP contribution in [0.3, 0.4) is 0 Å². The predicted molar refractivity (Wildman–Crippen MR) is 93.4 cm³/mol. The number of amides is 1. The Hall–Kier alpha value is -0.650. The standard InChI is InChI=1S/C18H35N3O2/c1-3-17-6-4-5-9-21(17)18(23)13-19-12-16-7-10-20(11-8-16)14-15(2)22/h15-17,19,22H,3-14H2,1-2H3/t15-,17-/m0/s1. The van der Waals surface area contributed by atoms with Crippen molar-refractivity contribution in [3.05, 3.63) is 0 Å². The second kappa shape index (κ2) is 9.60. The summed E-state index contributed by atoms with van der Waals surface area (Å²) in [5, 5.41) is 12.8. The Morgan fingerprint density at radius 2 is 1.96 bits per heavy atom.